The molecule has 1 unspecified atom stereocenters. The SMILES string of the molecule is CCOC1(C(N)c2ccnn2C)CCCC1. The molecule has 1 aromatic heterocycles. The number of ether oxygens (including phenoxy) is 1. The Morgan fingerprint density at radius 3 is 2.75 bits per heavy atom. The van der Waals surface area contributed by atoms with Crippen LogP contribution < -0.4 is 5.73 Å². The summed E-state index contributed by atoms with van der Waals surface area (Å²) < 4.78 is 7.82. The van der Waals surface area contributed by atoms with Crippen LogP contribution in [0.2, 0.25) is 0 Å². The van der Waals surface area contributed by atoms with Gasteiger partial charge in [0, 0.05) is 19.9 Å². The van der Waals surface area contributed by atoms with E-state index in [1.54, 1.807) is 6.20 Å². The van der Waals surface area contributed by atoms with E-state index in [0.29, 0.717) is 0 Å². The largest absolute Gasteiger partial charge is 0.373 e. The van der Waals surface area contributed by atoms with Gasteiger partial charge >= 0.3 is 0 Å². The molecule has 1 heterocycles. The van der Waals surface area contributed by atoms with E-state index in [2.05, 4.69) is 5.10 Å². The molecule has 0 amide bonds. The van der Waals surface area contributed by atoms with Crippen molar-refractivity contribution < 1.29 is 4.74 Å². The van der Waals surface area contributed by atoms with E-state index >= 15 is 0 Å². The van der Waals surface area contributed by atoms with Crippen LogP contribution in [0, 0.1) is 0 Å². The second-order valence-corrected chi connectivity index (χ2v) is 4.56. The Bertz CT molecular complexity index is 342. The second-order valence-electron chi connectivity index (χ2n) is 4.56. The van der Waals surface area contributed by atoms with Gasteiger partial charge in [-0.25, -0.2) is 0 Å². The molecule has 2 N–H and O–H groups in total. The molecule has 1 aromatic rings. The zero-order chi connectivity index (χ0) is 11.6. The molecule has 0 spiro atoms. The summed E-state index contributed by atoms with van der Waals surface area (Å²) in [5.74, 6) is 0. The van der Waals surface area contributed by atoms with Crippen LogP contribution in [0.1, 0.15) is 44.3 Å². The van der Waals surface area contributed by atoms with Crippen LogP contribution in [0.15, 0.2) is 12.3 Å². The third-order valence-electron chi connectivity index (χ3n) is 3.63. The first-order valence-electron chi connectivity index (χ1n) is 6.07. The molecule has 0 aromatic carbocycles. The molecule has 0 bridgehead atoms. The lowest BCUT2D eigenvalue weighted by Gasteiger charge is -2.35. The molecule has 2 rings (SSSR count). The van der Waals surface area contributed by atoms with Gasteiger partial charge in [0.1, 0.15) is 0 Å². The number of hydrogen-bond donors (Lipinski definition) is 1. The van der Waals surface area contributed by atoms with E-state index in [1.807, 2.05) is 24.7 Å². The predicted octanol–water partition coefficient (Wildman–Crippen LogP) is 1.77. The normalized spacial score (nSPS) is 21.2. The lowest BCUT2D eigenvalue weighted by Crippen LogP contribution is -2.42. The van der Waals surface area contributed by atoms with Gasteiger partial charge in [-0.2, -0.15) is 5.10 Å². The molecule has 4 heteroatoms. The molecule has 0 radical (unpaired) electrons. The Hall–Kier alpha value is -0.870. The lowest BCUT2D eigenvalue weighted by molar-refractivity contribution is -0.0552. The van der Waals surface area contributed by atoms with Crippen molar-refractivity contribution in [2.45, 2.75) is 44.2 Å². The summed E-state index contributed by atoms with van der Waals surface area (Å²) >= 11 is 0. The van der Waals surface area contributed by atoms with Crippen molar-refractivity contribution in [2.24, 2.45) is 12.8 Å². The highest BCUT2D eigenvalue weighted by Crippen LogP contribution is 2.41. The molecule has 1 aliphatic rings. The minimum absolute atomic E-state index is 0.0672. The smallest absolute Gasteiger partial charge is 0.0889 e. The monoisotopic (exact) mass is 223 g/mol. The Kier molecular flexibility index (Phi) is 3.30. The Morgan fingerprint density at radius 1 is 1.56 bits per heavy atom. The first-order valence-corrected chi connectivity index (χ1v) is 6.07. The highest BCUT2D eigenvalue weighted by Gasteiger charge is 2.42. The Labute approximate surface area is 96.8 Å². The van der Waals surface area contributed by atoms with Gasteiger partial charge in [-0.15, -0.1) is 0 Å². The average Bonchev–Trinajstić information content (AvgIpc) is 2.87. The fourth-order valence-electron chi connectivity index (χ4n) is 2.76. The minimum atomic E-state index is -0.164. The van der Waals surface area contributed by atoms with Gasteiger partial charge in [0.05, 0.1) is 17.3 Å². The van der Waals surface area contributed by atoms with Crippen LogP contribution in [0.5, 0.6) is 0 Å². The molecule has 0 aliphatic heterocycles. The standard InChI is InChI=1S/C12H21N3O/c1-3-16-12(7-4-5-8-12)11(13)10-6-9-14-15(10)2/h6,9,11H,3-5,7-8,13H2,1-2H3. The summed E-state index contributed by atoms with van der Waals surface area (Å²) in [5, 5.41) is 4.18. The third kappa shape index (κ3) is 1.87. The molecule has 1 aliphatic carbocycles. The fraction of sp³-hybridized carbons (Fsp3) is 0.750. The summed E-state index contributed by atoms with van der Waals surface area (Å²) in [6, 6.07) is 1.92. The molecule has 1 fully saturated rings. The van der Waals surface area contributed by atoms with Crippen molar-refractivity contribution in [1.82, 2.24) is 9.78 Å². The summed E-state index contributed by atoms with van der Waals surface area (Å²) in [7, 11) is 1.93. The highest BCUT2D eigenvalue weighted by molar-refractivity contribution is 5.13. The third-order valence-corrected chi connectivity index (χ3v) is 3.63. The van der Waals surface area contributed by atoms with E-state index in [9.17, 15) is 0 Å². The minimum Gasteiger partial charge on any atom is -0.373 e. The molecule has 16 heavy (non-hydrogen) atoms. The van der Waals surface area contributed by atoms with E-state index in [4.69, 9.17) is 10.5 Å². The van der Waals surface area contributed by atoms with Crippen LogP contribution in [0.3, 0.4) is 0 Å². The van der Waals surface area contributed by atoms with Crippen LogP contribution in [0.25, 0.3) is 0 Å². The number of hydrogen-bond acceptors (Lipinski definition) is 3. The van der Waals surface area contributed by atoms with E-state index in [1.165, 1.54) is 12.8 Å². The zero-order valence-electron chi connectivity index (χ0n) is 10.1. The molecule has 0 saturated heterocycles. The topological polar surface area (TPSA) is 53.1 Å². The molecule has 1 saturated carbocycles. The van der Waals surface area contributed by atoms with Gasteiger partial charge in [0.15, 0.2) is 0 Å². The van der Waals surface area contributed by atoms with Crippen molar-refractivity contribution in [1.29, 1.82) is 0 Å². The first-order chi connectivity index (χ1) is 7.69. The summed E-state index contributed by atoms with van der Waals surface area (Å²) in [6.45, 7) is 2.77. The van der Waals surface area contributed by atoms with Gasteiger partial charge in [-0.3, -0.25) is 4.68 Å². The van der Waals surface area contributed by atoms with Crippen LogP contribution in [-0.4, -0.2) is 22.0 Å². The summed E-state index contributed by atoms with van der Waals surface area (Å²) in [6.07, 6.45) is 6.35. The van der Waals surface area contributed by atoms with Gasteiger partial charge in [-0.05, 0) is 25.8 Å². The number of aryl methyl sites for hydroxylation is 1. The van der Waals surface area contributed by atoms with Crippen molar-refractivity contribution in [3.63, 3.8) is 0 Å². The van der Waals surface area contributed by atoms with Crippen molar-refractivity contribution in [3.8, 4) is 0 Å². The van der Waals surface area contributed by atoms with Crippen molar-refractivity contribution in [3.05, 3.63) is 18.0 Å². The number of rotatable bonds is 4. The molecular weight excluding hydrogens is 202 g/mol. The Balaban J connectivity index is 2.23. The maximum atomic E-state index is 6.38. The van der Waals surface area contributed by atoms with Gasteiger partial charge in [0.25, 0.3) is 0 Å². The van der Waals surface area contributed by atoms with Gasteiger partial charge in [0.2, 0.25) is 0 Å². The molecule has 1 atom stereocenters. The van der Waals surface area contributed by atoms with Gasteiger partial charge < -0.3 is 10.5 Å². The maximum Gasteiger partial charge on any atom is 0.0889 e. The van der Waals surface area contributed by atoms with E-state index in [0.717, 1.165) is 25.1 Å². The van der Waals surface area contributed by atoms with E-state index < -0.39 is 0 Å². The molecular formula is C12H21N3O. The average molecular weight is 223 g/mol. The maximum absolute atomic E-state index is 6.38. The van der Waals surface area contributed by atoms with Crippen LogP contribution >= 0.6 is 0 Å². The predicted molar refractivity (Wildman–Crippen MR) is 63.0 cm³/mol. The summed E-state index contributed by atoms with van der Waals surface area (Å²) in [5.41, 5.74) is 7.28. The fourth-order valence-corrected chi connectivity index (χ4v) is 2.76. The zero-order valence-corrected chi connectivity index (χ0v) is 10.1. The summed E-state index contributed by atoms with van der Waals surface area (Å²) in [4.78, 5) is 0. The number of aromatic nitrogens is 2. The van der Waals surface area contributed by atoms with Gasteiger partial charge in [-0.1, -0.05) is 12.8 Å². The van der Waals surface area contributed by atoms with Crippen molar-refractivity contribution in [2.75, 3.05) is 6.61 Å². The second kappa shape index (κ2) is 4.55. The Morgan fingerprint density at radius 2 is 2.25 bits per heavy atom. The quantitative estimate of drug-likeness (QED) is 0.846. The number of nitrogens with two attached hydrogens (primary N) is 1. The first kappa shape index (κ1) is 11.6. The highest BCUT2D eigenvalue weighted by atomic mass is 16.5. The van der Waals surface area contributed by atoms with Crippen LogP contribution in [-0.2, 0) is 11.8 Å². The molecule has 90 valence electrons. The van der Waals surface area contributed by atoms with E-state index in [-0.39, 0.29) is 11.6 Å². The number of nitrogens with zero attached hydrogens (tertiary/aromatic N) is 2. The van der Waals surface area contributed by atoms with Crippen molar-refractivity contribution >= 4 is 0 Å². The molecule has 4 nitrogen and oxygen atoms in total. The lowest BCUT2D eigenvalue weighted by atomic mass is 9.90. The van der Waals surface area contributed by atoms with Crippen LogP contribution in [0.4, 0.5) is 0 Å².